The van der Waals surface area contributed by atoms with Crippen LogP contribution in [-0.2, 0) is 23.5 Å². The second kappa shape index (κ2) is 9.10. The van der Waals surface area contributed by atoms with Gasteiger partial charge in [-0.05, 0) is 30.0 Å². The molecule has 0 saturated carbocycles. The molecule has 3 heterocycles. The summed E-state index contributed by atoms with van der Waals surface area (Å²) < 4.78 is 1.37. The molecule has 10 heteroatoms. The Labute approximate surface area is 215 Å². The van der Waals surface area contributed by atoms with Crippen LogP contribution in [0, 0.1) is 0 Å². The molecule has 4 rings (SSSR count). The molecular weight excluding hydrogens is 410 g/mol. The minimum Gasteiger partial charge on any atom is -0.872 e. The zero-order valence-corrected chi connectivity index (χ0v) is 20.9. The van der Waals surface area contributed by atoms with Crippen LogP contribution in [0.25, 0.3) is 22.3 Å². The summed E-state index contributed by atoms with van der Waals surface area (Å²) in [5.74, 6) is -1.91. The van der Waals surface area contributed by atoms with E-state index in [1.54, 1.807) is 12.1 Å². The SMILES string of the molecule is CCC(O)(C(=O)[O-])c1cc2n(c(=O)c1CO)Cc1cc3cc([O-])ccc3nc1-2.[Na+].[Na+]. The van der Waals surface area contributed by atoms with E-state index < -0.39 is 23.7 Å². The predicted octanol–water partition coefficient (Wildman–Crippen LogP) is -6.65. The third kappa shape index (κ3) is 3.76. The zero-order valence-electron chi connectivity index (χ0n) is 16.9. The van der Waals surface area contributed by atoms with Gasteiger partial charge in [0, 0.05) is 16.7 Å². The summed E-state index contributed by atoms with van der Waals surface area (Å²) in [5.41, 5.74) is -1.37. The van der Waals surface area contributed by atoms with E-state index in [9.17, 15) is 30.0 Å². The summed E-state index contributed by atoms with van der Waals surface area (Å²) in [6, 6.07) is 7.54. The first kappa shape index (κ1) is 25.0. The van der Waals surface area contributed by atoms with Gasteiger partial charge in [-0.2, -0.15) is 0 Å². The monoisotopic (exact) mass is 426 g/mol. The number of carboxylic acid groups (broad SMARTS) is 1. The van der Waals surface area contributed by atoms with Crippen molar-refractivity contribution in [1.29, 1.82) is 0 Å². The van der Waals surface area contributed by atoms with Gasteiger partial charge in [0.15, 0.2) is 0 Å². The van der Waals surface area contributed by atoms with E-state index in [0.29, 0.717) is 27.9 Å². The molecule has 1 atom stereocenters. The number of hydrogen-bond donors (Lipinski definition) is 2. The zero-order chi connectivity index (χ0) is 20.2. The van der Waals surface area contributed by atoms with Crippen LogP contribution < -0.4 is 74.9 Å². The van der Waals surface area contributed by atoms with Crippen molar-refractivity contribution in [3.05, 3.63) is 57.4 Å². The van der Waals surface area contributed by atoms with Crippen molar-refractivity contribution < 1.29 is 84.3 Å². The van der Waals surface area contributed by atoms with Gasteiger partial charge in [-0.1, -0.05) is 19.1 Å². The molecule has 1 aliphatic heterocycles. The molecule has 8 nitrogen and oxygen atoms in total. The Kier molecular flexibility index (Phi) is 7.59. The van der Waals surface area contributed by atoms with Crippen LogP contribution in [-0.4, -0.2) is 25.7 Å². The van der Waals surface area contributed by atoms with Crippen molar-refractivity contribution in [2.45, 2.75) is 32.1 Å². The molecule has 3 aromatic rings. The molecule has 0 spiro atoms. The predicted molar refractivity (Wildman–Crippen MR) is 95.1 cm³/mol. The maximum atomic E-state index is 12.9. The molecule has 0 bridgehead atoms. The third-order valence-electron chi connectivity index (χ3n) is 5.29. The van der Waals surface area contributed by atoms with Gasteiger partial charge in [0.2, 0.25) is 0 Å². The number of benzene rings is 1. The van der Waals surface area contributed by atoms with Gasteiger partial charge >= 0.3 is 59.1 Å². The van der Waals surface area contributed by atoms with Crippen molar-refractivity contribution in [3.63, 3.8) is 0 Å². The first-order valence-electron chi connectivity index (χ1n) is 8.73. The van der Waals surface area contributed by atoms with Crippen molar-refractivity contribution in [3.8, 4) is 17.1 Å². The van der Waals surface area contributed by atoms with Crippen LogP contribution in [0.4, 0.5) is 0 Å². The number of carbonyl (C=O) groups is 1. The van der Waals surface area contributed by atoms with E-state index in [0.717, 1.165) is 0 Å². The quantitative estimate of drug-likeness (QED) is 0.310. The average molecular weight is 426 g/mol. The van der Waals surface area contributed by atoms with Crippen LogP contribution in [0.1, 0.15) is 30.0 Å². The van der Waals surface area contributed by atoms with E-state index in [4.69, 9.17) is 0 Å². The smallest absolute Gasteiger partial charge is 0.872 e. The molecule has 1 unspecified atom stereocenters. The standard InChI is InChI=1S/C20H18N2O6.2Na/c1-2-20(28,19(26)27)14-7-16-17-11(8-22(16)18(25)13(14)9-23)5-10-6-12(24)3-4-15(10)21-17;;/h3-7,23-24,28H,2,8-9H2,1H3,(H,26,27);;/q;2*+1/p-2. The van der Waals surface area contributed by atoms with Crippen LogP contribution in [0.3, 0.4) is 0 Å². The molecular formula is C20H16N2Na2O6. The van der Waals surface area contributed by atoms with Crippen molar-refractivity contribution in [1.82, 2.24) is 9.55 Å². The molecule has 0 radical (unpaired) electrons. The van der Waals surface area contributed by atoms with Gasteiger partial charge in [0.1, 0.15) is 5.60 Å². The Morgan fingerprint density at radius 3 is 2.57 bits per heavy atom. The first-order chi connectivity index (χ1) is 13.3. The fourth-order valence-corrected chi connectivity index (χ4v) is 3.72. The van der Waals surface area contributed by atoms with Crippen LogP contribution in [0.5, 0.6) is 5.75 Å². The summed E-state index contributed by atoms with van der Waals surface area (Å²) in [6.07, 6.45) is -0.241. The number of aliphatic hydroxyl groups is 2. The summed E-state index contributed by atoms with van der Waals surface area (Å²) >= 11 is 0. The number of carboxylic acids is 1. The van der Waals surface area contributed by atoms with E-state index in [1.807, 2.05) is 0 Å². The van der Waals surface area contributed by atoms with Crippen molar-refractivity contribution in [2.75, 3.05) is 0 Å². The number of carbonyl (C=O) groups excluding carboxylic acids is 1. The Bertz CT molecular complexity index is 1210. The van der Waals surface area contributed by atoms with E-state index in [1.165, 1.54) is 29.7 Å². The number of fused-ring (bicyclic) bond motifs is 4. The number of nitrogens with zero attached hydrogens (tertiary/aromatic N) is 2. The molecule has 0 saturated heterocycles. The van der Waals surface area contributed by atoms with E-state index >= 15 is 0 Å². The number of pyridine rings is 2. The second-order valence-corrected chi connectivity index (χ2v) is 6.82. The summed E-state index contributed by atoms with van der Waals surface area (Å²) in [4.78, 5) is 29.0. The van der Waals surface area contributed by atoms with Crippen molar-refractivity contribution >= 4 is 16.9 Å². The Morgan fingerprint density at radius 2 is 1.97 bits per heavy atom. The Balaban J connectivity index is 0.00000160. The second-order valence-electron chi connectivity index (χ2n) is 6.82. The summed E-state index contributed by atoms with van der Waals surface area (Å²) in [5, 5.41) is 44.1. The fourth-order valence-electron chi connectivity index (χ4n) is 3.72. The van der Waals surface area contributed by atoms with Gasteiger partial charge in [0.05, 0.1) is 36.0 Å². The molecule has 30 heavy (non-hydrogen) atoms. The minimum atomic E-state index is -2.41. The molecule has 0 fully saturated rings. The van der Waals surface area contributed by atoms with Crippen LogP contribution in [0.15, 0.2) is 35.1 Å². The molecule has 2 aromatic heterocycles. The van der Waals surface area contributed by atoms with Gasteiger partial charge < -0.3 is 29.8 Å². The summed E-state index contributed by atoms with van der Waals surface area (Å²) in [7, 11) is 0. The fraction of sp³-hybridized carbons (Fsp3) is 0.250. The van der Waals surface area contributed by atoms with Gasteiger partial charge in [-0.25, -0.2) is 4.98 Å². The number of aliphatic carboxylic acids is 1. The van der Waals surface area contributed by atoms with Gasteiger partial charge in [-0.15, -0.1) is 5.75 Å². The maximum Gasteiger partial charge on any atom is 1.00 e. The summed E-state index contributed by atoms with van der Waals surface area (Å²) in [6.45, 7) is 0.885. The largest absolute Gasteiger partial charge is 1.00 e. The molecule has 2 N–H and O–H groups in total. The maximum absolute atomic E-state index is 12.9. The molecule has 1 aliphatic rings. The normalized spacial score (nSPS) is 13.6. The molecule has 0 aliphatic carbocycles. The van der Waals surface area contributed by atoms with E-state index in [-0.39, 0.29) is 89.0 Å². The number of hydrogen-bond acceptors (Lipinski definition) is 7. The van der Waals surface area contributed by atoms with E-state index in [2.05, 4.69) is 4.98 Å². The molecule has 0 amide bonds. The number of aromatic nitrogens is 2. The van der Waals surface area contributed by atoms with Gasteiger partial charge in [0.25, 0.3) is 5.56 Å². The average Bonchev–Trinajstić information content (AvgIpc) is 3.03. The van der Waals surface area contributed by atoms with Crippen molar-refractivity contribution in [2.24, 2.45) is 0 Å². The number of rotatable bonds is 4. The third-order valence-corrected chi connectivity index (χ3v) is 5.29. The van der Waals surface area contributed by atoms with Gasteiger partial charge in [-0.3, -0.25) is 4.79 Å². The number of aliphatic hydroxyl groups excluding tert-OH is 1. The minimum absolute atomic E-state index is 0. The first-order valence-corrected chi connectivity index (χ1v) is 8.73. The van der Waals surface area contributed by atoms with Crippen LogP contribution >= 0.6 is 0 Å². The Morgan fingerprint density at radius 1 is 1.27 bits per heavy atom. The molecule has 144 valence electrons. The van der Waals surface area contributed by atoms with Crippen LogP contribution in [0.2, 0.25) is 0 Å². The molecule has 1 aromatic carbocycles. The topological polar surface area (TPSA) is 139 Å². The Hall–Kier alpha value is -1.23.